The summed E-state index contributed by atoms with van der Waals surface area (Å²) >= 11 is 0. The molecule has 1 atom stereocenters. The zero-order chi connectivity index (χ0) is 12.3. The molecular weight excluding hydrogens is 218 g/mol. The molecule has 0 aliphatic heterocycles. The number of ether oxygens (including phenoxy) is 2. The number of rotatable bonds is 3. The number of alkyl halides is 1. The first-order chi connectivity index (χ1) is 7.43. The van der Waals surface area contributed by atoms with E-state index in [4.69, 9.17) is 4.74 Å². The van der Waals surface area contributed by atoms with Gasteiger partial charge in [-0.15, -0.1) is 0 Å². The van der Waals surface area contributed by atoms with E-state index in [-0.39, 0.29) is 11.3 Å². The number of methoxy groups -OCH3 is 2. The van der Waals surface area contributed by atoms with Crippen molar-refractivity contribution in [1.29, 1.82) is 0 Å². The highest BCUT2D eigenvalue weighted by atomic mass is 19.1. The van der Waals surface area contributed by atoms with Gasteiger partial charge in [-0.2, -0.15) is 0 Å². The van der Waals surface area contributed by atoms with Gasteiger partial charge < -0.3 is 9.47 Å². The standard InChI is InChI=1S/C11H12F2O3/c1-11(13,10(14)16-3)8-6-7(12)4-5-9(8)15-2/h4-6H,1-3H3. The van der Waals surface area contributed by atoms with Gasteiger partial charge in [0.2, 0.25) is 5.67 Å². The second-order valence-electron chi connectivity index (χ2n) is 3.34. The van der Waals surface area contributed by atoms with E-state index < -0.39 is 17.5 Å². The normalized spacial score (nSPS) is 14.1. The Labute approximate surface area is 92.0 Å². The number of halogens is 2. The number of benzene rings is 1. The zero-order valence-electron chi connectivity index (χ0n) is 9.21. The maximum Gasteiger partial charge on any atom is 0.348 e. The van der Waals surface area contributed by atoms with Gasteiger partial charge in [0, 0.05) is 5.56 Å². The summed E-state index contributed by atoms with van der Waals surface area (Å²) in [5.74, 6) is -1.66. The highest BCUT2D eigenvalue weighted by Crippen LogP contribution is 2.34. The maximum absolute atomic E-state index is 14.1. The van der Waals surface area contributed by atoms with Crippen molar-refractivity contribution in [3.8, 4) is 5.75 Å². The SMILES string of the molecule is COC(=O)C(C)(F)c1cc(F)ccc1OC. The van der Waals surface area contributed by atoms with Gasteiger partial charge in [0.05, 0.1) is 14.2 Å². The molecule has 0 N–H and O–H groups in total. The Morgan fingerprint density at radius 1 is 1.38 bits per heavy atom. The quantitative estimate of drug-likeness (QED) is 0.747. The van der Waals surface area contributed by atoms with E-state index in [1.54, 1.807) is 0 Å². The first kappa shape index (κ1) is 12.4. The minimum absolute atomic E-state index is 0.0943. The van der Waals surface area contributed by atoms with Crippen LogP contribution in [0.2, 0.25) is 0 Å². The fourth-order valence-electron chi connectivity index (χ4n) is 1.35. The Hall–Kier alpha value is -1.65. The lowest BCUT2D eigenvalue weighted by Crippen LogP contribution is -2.29. The topological polar surface area (TPSA) is 35.5 Å². The molecule has 3 nitrogen and oxygen atoms in total. The van der Waals surface area contributed by atoms with E-state index in [0.717, 1.165) is 26.2 Å². The second kappa shape index (κ2) is 4.47. The van der Waals surface area contributed by atoms with E-state index in [1.807, 2.05) is 0 Å². The van der Waals surface area contributed by atoms with Crippen molar-refractivity contribution in [3.05, 3.63) is 29.6 Å². The molecule has 5 heteroatoms. The number of hydrogen-bond donors (Lipinski definition) is 0. The average molecular weight is 230 g/mol. The van der Waals surface area contributed by atoms with Crippen molar-refractivity contribution < 1.29 is 23.0 Å². The highest BCUT2D eigenvalue weighted by Gasteiger charge is 2.39. The van der Waals surface area contributed by atoms with Gasteiger partial charge in [0.25, 0.3) is 0 Å². The summed E-state index contributed by atoms with van der Waals surface area (Å²) in [6.45, 7) is 0.996. The van der Waals surface area contributed by atoms with Crippen molar-refractivity contribution in [2.24, 2.45) is 0 Å². The van der Waals surface area contributed by atoms with Crippen LogP contribution in [0.5, 0.6) is 5.75 Å². The van der Waals surface area contributed by atoms with Crippen LogP contribution >= 0.6 is 0 Å². The lowest BCUT2D eigenvalue weighted by Gasteiger charge is -2.20. The predicted octanol–water partition coefficient (Wildman–Crippen LogP) is 2.19. The van der Waals surface area contributed by atoms with E-state index in [2.05, 4.69) is 4.74 Å². The van der Waals surface area contributed by atoms with Gasteiger partial charge in [-0.05, 0) is 25.1 Å². The molecule has 88 valence electrons. The van der Waals surface area contributed by atoms with Crippen molar-refractivity contribution in [2.45, 2.75) is 12.6 Å². The fraction of sp³-hybridized carbons (Fsp3) is 0.364. The minimum Gasteiger partial charge on any atom is -0.496 e. The zero-order valence-corrected chi connectivity index (χ0v) is 9.21. The molecular formula is C11H12F2O3. The number of esters is 1. The van der Waals surface area contributed by atoms with Crippen LogP contribution in [-0.2, 0) is 15.2 Å². The molecule has 1 aromatic carbocycles. The summed E-state index contributed by atoms with van der Waals surface area (Å²) < 4.78 is 36.3. The highest BCUT2D eigenvalue weighted by molar-refractivity contribution is 5.81. The Kier molecular flexibility index (Phi) is 3.47. The van der Waals surface area contributed by atoms with Crippen LogP contribution in [0.15, 0.2) is 18.2 Å². The third-order valence-electron chi connectivity index (χ3n) is 2.24. The first-order valence-electron chi connectivity index (χ1n) is 4.54. The summed E-state index contributed by atoms with van der Waals surface area (Å²) in [4.78, 5) is 11.2. The molecule has 0 bridgehead atoms. The van der Waals surface area contributed by atoms with Gasteiger partial charge >= 0.3 is 5.97 Å². The van der Waals surface area contributed by atoms with E-state index in [0.29, 0.717) is 0 Å². The molecule has 0 saturated carbocycles. The molecule has 0 aliphatic carbocycles. The largest absolute Gasteiger partial charge is 0.496 e. The molecule has 16 heavy (non-hydrogen) atoms. The third kappa shape index (κ3) is 2.13. The summed E-state index contributed by atoms with van der Waals surface area (Å²) in [5, 5.41) is 0. The summed E-state index contributed by atoms with van der Waals surface area (Å²) in [6.07, 6.45) is 0. The van der Waals surface area contributed by atoms with Gasteiger partial charge in [-0.3, -0.25) is 0 Å². The van der Waals surface area contributed by atoms with Gasteiger partial charge in [-0.25, -0.2) is 13.6 Å². The monoisotopic (exact) mass is 230 g/mol. The van der Waals surface area contributed by atoms with Crippen LogP contribution in [0.25, 0.3) is 0 Å². The van der Waals surface area contributed by atoms with Gasteiger partial charge in [-0.1, -0.05) is 0 Å². The molecule has 0 aliphatic rings. The second-order valence-corrected chi connectivity index (χ2v) is 3.34. The Balaban J connectivity index is 3.30. The first-order valence-corrected chi connectivity index (χ1v) is 4.54. The lowest BCUT2D eigenvalue weighted by molar-refractivity contribution is -0.154. The molecule has 0 saturated heterocycles. The minimum atomic E-state index is -2.44. The number of hydrogen-bond acceptors (Lipinski definition) is 3. The smallest absolute Gasteiger partial charge is 0.348 e. The van der Waals surface area contributed by atoms with Crippen LogP contribution in [0, 0.1) is 5.82 Å². The third-order valence-corrected chi connectivity index (χ3v) is 2.24. The van der Waals surface area contributed by atoms with Crippen molar-refractivity contribution in [2.75, 3.05) is 14.2 Å². The molecule has 1 rings (SSSR count). The van der Waals surface area contributed by atoms with E-state index in [9.17, 15) is 13.6 Å². The molecule has 0 aromatic heterocycles. The Morgan fingerprint density at radius 3 is 2.50 bits per heavy atom. The van der Waals surface area contributed by atoms with Crippen molar-refractivity contribution >= 4 is 5.97 Å². The predicted molar refractivity (Wildman–Crippen MR) is 53.4 cm³/mol. The maximum atomic E-state index is 14.1. The fourth-order valence-corrected chi connectivity index (χ4v) is 1.35. The van der Waals surface area contributed by atoms with E-state index >= 15 is 0 Å². The van der Waals surface area contributed by atoms with Gasteiger partial charge in [0.1, 0.15) is 11.6 Å². The summed E-state index contributed by atoms with van der Waals surface area (Å²) in [6, 6.07) is 3.29. The molecule has 1 aromatic rings. The summed E-state index contributed by atoms with van der Waals surface area (Å²) in [7, 11) is 2.37. The van der Waals surface area contributed by atoms with Crippen molar-refractivity contribution in [3.63, 3.8) is 0 Å². The van der Waals surface area contributed by atoms with Crippen LogP contribution in [0.3, 0.4) is 0 Å². The Bertz CT molecular complexity index is 402. The van der Waals surface area contributed by atoms with Crippen LogP contribution in [-0.4, -0.2) is 20.2 Å². The molecule has 0 amide bonds. The Morgan fingerprint density at radius 2 is 2.00 bits per heavy atom. The average Bonchev–Trinajstić information content (AvgIpc) is 2.27. The van der Waals surface area contributed by atoms with Crippen LogP contribution < -0.4 is 4.74 Å². The number of carbonyl (C=O) groups excluding carboxylic acids is 1. The molecule has 0 spiro atoms. The van der Waals surface area contributed by atoms with Crippen LogP contribution in [0.1, 0.15) is 12.5 Å². The van der Waals surface area contributed by atoms with Crippen molar-refractivity contribution in [1.82, 2.24) is 0 Å². The molecule has 0 fully saturated rings. The lowest BCUT2D eigenvalue weighted by atomic mass is 9.97. The molecule has 1 unspecified atom stereocenters. The molecule has 0 heterocycles. The van der Waals surface area contributed by atoms with Gasteiger partial charge in [0.15, 0.2) is 0 Å². The molecule has 0 radical (unpaired) electrons. The number of carbonyl (C=O) groups is 1. The van der Waals surface area contributed by atoms with E-state index in [1.165, 1.54) is 13.2 Å². The van der Waals surface area contributed by atoms with Crippen LogP contribution in [0.4, 0.5) is 8.78 Å². The summed E-state index contributed by atoms with van der Waals surface area (Å²) in [5.41, 5.74) is -2.63.